The molecule has 4 heterocycles. The van der Waals surface area contributed by atoms with Gasteiger partial charge in [-0.25, -0.2) is 19.7 Å². The molecule has 0 atom stereocenters. The highest BCUT2D eigenvalue weighted by Gasteiger charge is 2.36. The molecule has 0 radical (unpaired) electrons. The van der Waals surface area contributed by atoms with Crippen molar-refractivity contribution in [3.8, 4) is 0 Å². The Balaban J connectivity index is 1.36. The van der Waals surface area contributed by atoms with Crippen molar-refractivity contribution in [3.05, 3.63) is 42.0 Å². The van der Waals surface area contributed by atoms with Gasteiger partial charge in [0, 0.05) is 46.2 Å². The number of rotatable bonds is 3. The fourth-order valence-corrected chi connectivity index (χ4v) is 4.24. The van der Waals surface area contributed by atoms with Crippen LogP contribution in [0.2, 0.25) is 0 Å². The number of hydrogen-bond donors (Lipinski definition) is 0. The minimum Gasteiger partial charge on any atom is -0.355 e. The standard InChI is InChI=1S/C21H23N7O2/c1-13-22-18(10-19(23-13)28-9-8-27(14(2)29)21(28)30)26-11-15(12-26)20-24-16-6-4-5-7-17(16)25(20)3/h4-7,10,15H,8-9,11-12H2,1-3H3. The summed E-state index contributed by atoms with van der Waals surface area (Å²) in [5.41, 5.74) is 2.14. The Morgan fingerprint density at radius 1 is 1.07 bits per heavy atom. The third-order valence-corrected chi connectivity index (χ3v) is 5.87. The summed E-state index contributed by atoms with van der Waals surface area (Å²) in [7, 11) is 2.06. The number of carbonyl (C=O) groups is 2. The molecule has 0 unspecified atom stereocenters. The average Bonchev–Trinajstić information content (AvgIpc) is 3.21. The van der Waals surface area contributed by atoms with Crippen LogP contribution >= 0.6 is 0 Å². The molecule has 5 rings (SSSR count). The summed E-state index contributed by atoms with van der Waals surface area (Å²) < 4.78 is 2.16. The SMILES string of the molecule is CC(=O)N1CCN(c2cc(N3CC(c4nc5ccccc5n4C)C3)nc(C)n2)C1=O. The van der Waals surface area contributed by atoms with Gasteiger partial charge in [0.15, 0.2) is 0 Å². The largest absolute Gasteiger partial charge is 0.355 e. The lowest BCUT2D eigenvalue weighted by Crippen LogP contribution is -2.46. The molecule has 2 fully saturated rings. The summed E-state index contributed by atoms with van der Waals surface area (Å²) in [6.45, 7) is 5.65. The number of carbonyl (C=O) groups excluding carboxylic acids is 2. The Bertz CT molecular complexity index is 1170. The van der Waals surface area contributed by atoms with E-state index in [4.69, 9.17) is 4.98 Å². The highest BCUT2D eigenvalue weighted by Crippen LogP contribution is 2.33. The van der Waals surface area contributed by atoms with Crippen molar-refractivity contribution in [3.63, 3.8) is 0 Å². The van der Waals surface area contributed by atoms with Crippen molar-refractivity contribution in [2.24, 2.45) is 7.05 Å². The molecule has 0 saturated carbocycles. The van der Waals surface area contributed by atoms with Gasteiger partial charge in [-0.1, -0.05) is 12.1 Å². The maximum Gasteiger partial charge on any atom is 0.332 e. The molecule has 1 aromatic carbocycles. The second-order valence-corrected chi connectivity index (χ2v) is 7.86. The average molecular weight is 405 g/mol. The van der Waals surface area contributed by atoms with Gasteiger partial charge < -0.3 is 9.47 Å². The van der Waals surface area contributed by atoms with E-state index in [1.165, 1.54) is 11.8 Å². The number of fused-ring (bicyclic) bond motifs is 1. The molecule has 0 spiro atoms. The van der Waals surface area contributed by atoms with E-state index in [2.05, 4.69) is 32.5 Å². The lowest BCUT2D eigenvalue weighted by atomic mass is 9.99. The Kier molecular flexibility index (Phi) is 4.19. The van der Waals surface area contributed by atoms with Crippen molar-refractivity contribution in [1.29, 1.82) is 0 Å². The Morgan fingerprint density at radius 2 is 1.80 bits per heavy atom. The molecule has 0 N–H and O–H groups in total. The normalized spacial score (nSPS) is 17.2. The first-order chi connectivity index (χ1) is 14.4. The van der Waals surface area contributed by atoms with E-state index >= 15 is 0 Å². The van der Waals surface area contributed by atoms with E-state index in [1.54, 1.807) is 4.90 Å². The highest BCUT2D eigenvalue weighted by atomic mass is 16.2. The van der Waals surface area contributed by atoms with Gasteiger partial charge in [-0.15, -0.1) is 0 Å². The van der Waals surface area contributed by atoms with Crippen LogP contribution in [0.25, 0.3) is 11.0 Å². The first-order valence-electron chi connectivity index (χ1n) is 10.0. The molecule has 0 aliphatic carbocycles. The number of aromatic nitrogens is 4. The van der Waals surface area contributed by atoms with Gasteiger partial charge in [0.25, 0.3) is 0 Å². The van der Waals surface area contributed by atoms with Gasteiger partial charge in [-0.3, -0.25) is 14.6 Å². The molecule has 154 valence electrons. The number of amides is 3. The number of urea groups is 1. The van der Waals surface area contributed by atoms with E-state index in [0.29, 0.717) is 30.6 Å². The molecule has 2 aliphatic rings. The molecular weight excluding hydrogens is 382 g/mol. The number of para-hydroxylation sites is 2. The van der Waals surface area contributed by atoms with Crippen LogP contribution in [0.1, 0.15) is 24.5 Å². The van der Waals surface area contributed by atoms with Crippen LogP contribution in [0.4, 0.5) is 16.4 Å². The molecule has 2 saturated heterocycles. The van der Waals surface area contributed by atoms with Crippen molar-refractivity contribution in [2.75, 3.05) is 36.0 Å². The molecule has 30 heavy (non-hydrogen) atoms. The summed E-state index contributed by atoms with van der Waals surface area (Å²) >= 11 is 0. The van der Waals surface area contributed by atoms with Gasteiger partial charge in [0.1, 0.15) is 23.3 Å². The Morgan fingerprint density at radius 3 is 2.50 bits per heavy atom. The fraction of sp³-hybridized carbons (Fsp3) is 0.381. The van der Waals surface area contributed by atoms with Crippen molar-refractivity contribution in [2.45, 2.75) is 19.8 Å². The minimum absolute atomic E-state index is 0.249. The van der Waals surface area contributed by atoms with Crippen molar-refractivity contribution < 1.29 is 9.59 Å². The van der Waals surface area contributed by atoms with Gasteiger partial charge in [0.05, 0.1) is 17.0 Å². The maximum atomic E-state index is 12.5. The second kappa shape index (κ2) is 6.79. The third kappa shape index (κ3) is 2.89. The van der Waals surface area contributed by atoms with Crippen molar-refractivity contribution in [1.82, 2.24) is 24.4 Å². The van der Waals surface area contributed by atoms with Crippen LogP contribution in [0.5, 0.6) is 0 Å². The van der Waals surface area contributed by atoms with Crippen LogP contribution in [-0.4, -0.2) is 62.5 Å². The lowest BCUT2D eigenvalue weighted by Gasteiger charge is -2.40. The molecular formula is C21H23N7O2. The highest BCUT2D eigenvalue weighted by molar-refractivity contribution is 6.03. The van der Waals surface area contributed by atoms with Gasteiger partial charge >= 0.3 is 6.03 Å². The molecule has 0 bridgehead atoms. The molecule has 9 heteroatoms. The summed E-state index contributed by atoms with van der Waals surface area (Å²) in [6.07, 6.45) is 0. The van der Waals surface area contributed by atoms with E-state index in [-0.39, 0.29) is 11.9 Å². The number of benzene rings is 1. The van der Waals surface area contributed by atoms with E-state index in [1.807, 2.05) is 31.2 Å². The number of nitrogens with zero attached hydrogens (tertiary/aromatic N) is 7. The quantitative estimate of drug-likeness (QED) is 0.663. The minimum atomic E-state index is -0.326. The van der Waals surface area contributed by atoms with E-state index in [0.717, 1.165) is 35.8 Å². The third-order valence-electron chi connectivity index (χ3n) is 5.87. The van der Waals surface area contributed by atoms with Crippen LogP contribution in [0, 0.1) is 6.92 Å². The molecule has 9 nitrogen and oxygen atoms in total. The van der Waals surface area contributed by atoms with E-state index < -0.39 is 0 Å². The number of anilines is 2. The smallest absolute Gasteiger partial charge is 0.332 e. The lowest BCUT2D eigenvalue weighted by molar-refractivity contribution is -0.125. The van der Waals surface area contributed by atoms with E-state index in [9.17, 15) is 9.59 Å². The summed E-state index contributed by atoms with van der Waals surface area (Å²) in [5, 5.41) is 0. The van der Waals surface area contributed by atoms with Gasteiger partial charge in [-0.2, -0.15) is 0 Å². The van der Waals surface area contributed by atoms with Gasteiger partial charge in [0.2, 0.25) is 5.91 Å². The number of imidazole rings is 1. The molecule has 3 aromatic rings. The van der Waals surface area contributed by atoms with Crippen LogP contribution < -0.4 is 9.80 Å². The van der Waals surface area contributed by atoms with Gasteiger partial charge in [-0.05, 0) is 19.1 Å². The predicted molar refractivity (Wildman–Crippen MR) is 113 cm³/mol. The fourth-order valence-electron chi connectivity index (χ4n) is 4.24. The first-order valence-corrected chi connectivity index (χ1v) is 10.0. The maximum absolute atomic E-state index is 12.5. The predicted octanol–water partition coefficient (Wildman–Crippen LogP) is 2.06. The first kappa shape index (κ1) is 18.5. The van der Waals surface area contributed by atoms with Crippen LogP contribution in [0.3, 0.4) is 0 Å². The van der Waals surface area contributed by atoms with Crippen LogP contribution in [-0.2, 0) is 11.8 Å². The zero-order valence-corrected chi connectivity index (χ0v) is 17.2. The molecule has 2 aromatic heterocycles. The second-order valence-electron chi connectivity index (χ2n) is 7.86. The summed E-state index contributed by atoms with van der Waals surface area (Å²) in [6, 6.07) is 9.66. The molecule has 2 aliphatic heterocycles. The van der Waals surface area contributed by atoms with Crippen molar-refractivity contribution >= 4 is 34.6 Å². The Hall–Kier alpha value is -3.49. The van der Waals surface area contributed by atoms with Crippen LogP contribution in [0.15, 0.2) is 30.3 Å². The summed E-state index contributed by atoms with van der Waals surface area (Å²) in [5.74, 6) is 3.08. The monoisotopic (exact) mass is 405 g/mol. The number of hydrogen-bond acceptors (Lipinski definition) is 6. The Labute approximate surface area is 173 Å². The number of aryl methyl sites for hydroxylation is 2. The zero-order chi connectivity index (χ0) is 21.0. The summed E-state index contributed by atoms with van der Waals surface area (Å²) in [4.78, 5) is 42.9. The number of imide groups is 1. The topological polar surface area (TPSA) is 87.5 Å². The molecule has 3 amide bonds. The zero-order valence-electron chi connectivity index (χ0n) is 17.2.